The van der Waals surface area contributed by atoms with Gasteiger partial charge in [-0.25, -0.2) is 19.9 Å². The lowest BCUT2D eigenvalue weighted by atomic mass is 9.94. The Morgan fingerprint density at radius 1 is 0.202 bits per heavy atom. The van der Waals surface area contributed by atoms with Crippen LogP contribution in [0.1, 0.15) is 0 Å². The number of hydrogen-bond acceptors (Lipinski definition) is 11. The Hall–Kier alpha value is -15.4. The highest BCUT2D eigenvalue weighted by Crippen LogP contribution is 2.49. The molecule has 0 aliphatic rings. The van der Waals surface area contributed by atoms with E-state index in [9.17, 15) is 0 Å². The predicted molar refractivity (Wildman–Crippen MR) is 494 cm³/mol. The molecule has 0 fully saturated rings. The van der Waals surface area contributed by atoms with Gasteiger partial charge in [0.1, 0.15) is 11.2 Å². The number of rotatable bonds is 13. The van der Waals surface area contributed by atoms with Crippen LogP contribution in [0.25, 0.3) is 230 Å². The van der Waals surface area contributed by atoms with Gasteiger partial charge in [-0.3, -0.25) is 19.9 Å². The summed E-state index contributed by atoms with van der Waals surface area (Å²) in [7, 11) is 0. The fourth-order valence-corrected chi connectivity index (χ4v) is 19.1. The van der Waals surface area contributed by atoms with Gasteiger partial charge in [0, 0.05) is 105 Å². The second-order valence-corrected chi connectivity index (χ2v) is 31.7. The van der Waals surface area contributed by atoms with Gasteiger partial charge in [0.25, 0.3) is 0 Å². The van der Waals surface area contributed by atoms with Crippen LogP contribution in [0.5, 0.6) is 0 Å². The van der Waals surface area contributed by atoms with Crippen LogP contribution in [0.2, 0.25) is 0 Å². The van der Waals surface area contributed by atoms with Crippen molar-refractivity contribution in [3.8, 4) is 146 Å². The topological polar surface area (TPSA) is 116 Å². The monoisotopic (exact) mass is 1550 g/mol. The lowest BCUT2D eigenvalue weighted by Gasteiger charge is -2.13. The molecule has 23 aromatic rings. The van der Waals surface area contributed by atoms with Crippen LogP contribution < -0.4 is 0 Å². The first kappa shape index (κ1) is 70.2. The lowest BCUT2D eigenvalue weighted by Crippen LogP contribution is -1.94. The standard InChI is InChI=1S/C54H32N4OS.C54H34N4S/c1-3-19-48-38(11-1)40-14-10-15-41(53(40)59-48)39-13-9-16-43-50-42-12-2-4-20-49(42)60-54(50)51(58-52(39)43)36-27-25-34(26-28-36)33-21-23-35(24-22-33)37-31-46(44-17-5-7-29-55-44)57-47(32-37)45-18-6-8-30-56-45;1-2-14-35(15-3-1)36-16-11-20-40(31-36)43-23-13-24-45-51-44-22-4-5-27-50(44)59-54(51)52(58-53(43)45)41-21-12-18-38(32-41)37-17-10-19-39(30-37)42-33-48(46-25-6-8-28-55-46)57-49(34-42)47-26-7-9-29-56-47/h1-32H;1-34H. The van der Waals surface area contributed by atoms with E-state index >= 15 is 0 Å². The Morgan fingerprint density at radius 3 is 1.07 bits per heavy atom. The van der Waals surface area contributed by atoms with E-state index < -0.39 is 0 Å². The third kappa shape index (κ3) is 13.1. The molecule has 556 valence electrons. The van der Waals surface area contributed by atoms with E-state index in [1.54, 1.807) is 24.8 Å². The Morgan fingerprint density at radius 2 is 0.546 bits per heavy atom. The van der Waals surface area contributed by atoms with Crippen molar-refractivity contribution in [2.24, 2.45) is 0 Å². The molecule has 11 heterocycles. The minimum Gasteiger partial charge on any atom is -0.455 e. The average molecular weight is 1560 g/mol. The van der Waals surface area contributed by atoms with E-state index in [4.69, 9.17) is 24.4 Å². The quantitative estimate of drug-likeness (QED) is 0.111. The van der Waals surface area contributed by atoms with Crippen molar-refractivity contribution >= 4 is 107 Å². The summed E-state index contributed by atoms with van der Waals surface area (Å²) in [6.45, 7) is 0. The number of nitrogens with zero attached hydrogens (tertiary/aromatic N) is 8. The van der Waals surface area contributed by atoms with E-state index in [0.717, 1.165) is 173 Å². The Balaban J connectivity index is 0.000000143. The van der Waals surface area contributed by atoms with Gasteiger partial charge in [-0.15, -0.1) is 22.7 Å². The molecule has 11 aromatic heterocycles. The van der Waals surface area contributed by atoms with Gasteiger partial charge in [-0.2, -0.15) is 0 Å². The number of aromatic nitrogens is 8. The summed E-state index contributed by atoms with van der Waals surface area (Å²) in [5.41, 5.74) is 29.9. The Bertz CT molecular complexity index is 7720. The van der Waals surface area contributed by atoms with Crippen LogP contribution in [0.15, 0.2) is 405 Å². The van der Waals surface area contributed by atoms with Crippen molar-refractivity contribution in [3.63, 3.8) is 0 Å². The summed E-state index contributed by atoms with van der Waals surface area (Å²) in [5.74, 6) is 0. The summed E-state index contributed by atoms with van der Waals surface area (Å²) < 4.78 is 11.4. The maximum Gasteiger partial charge on any atom is 0.143 e. The molecule has 0 atom stereocenters. The highest BCUT2D eigenvalue weighted by molar-refractivity contribution is 7.27. The third-order valence-electron chi connectivity index (χ3n) is 22.4. The molecule has 0 amide bonds. The van der Waals surface area contributed by atoms with Gasteiger partial charge in [-0.1, -0.05) is 267 Å². The number of thiophene rings is 2. The Kier molecular flexibility index (Phi) is 17.8. The van der Waals surface area contributed by atoms with E-state index in [-0.39, 0.29) is 0 Å². The SMILES string of the molecule is c1ccc(-c2cc(-c3ccc(-c4ccc(-c5nc6c(-c7cccc8c7oc7ccccc78)cccc6c6c5sc5ccccc56)cc4)cc3)cc(-c3ccccn3)n2)nc1.c1ccc(-c2cccc(-c3cccc4c3nc(-c3cccc(-c5cccc(-c6cc(-c7ccccn7)nc(-c7ccccn7)c6)c5)c3)c3sc5ccccc5c34)c2)cc1. The van der Waals surface area contributed by atoms with E-state index in [1.807, 2.05) is 108 Å². The first-order valence-corrected chi connectivity index (χ1v) is 41.3. The van der Waals surface area contributed by atoms with Crippen LogP contribution in [0, 0.1) is 0 Å². The van der Waals surface area contributed by atoms with Gasteiger partial charge < -0.3 is 4.42 Å². The fourth-order valence-electron chi connectivity index (χ4n) is 16.7. The van der Waals surface area contributed by atoms with Gasteiger partial charge in [-0.05, 0) is 170 Å². The first-order chi connectivity index (χ1) is 59.0. The number of benzene rings is 12. The maximum atomic E-state index is 6.55. The summed E-state index contributed by atoms with van der Waals surface area (Å²) in [6, 6.07) is 132. The molecule has 0 aliphatic carbocycles. The van der Waals surface area contributed by atoms with Crippen LogP contribution in [0.3, 0.4) is 0 Å². The van der Waals surface area contributed by atoms with Gasteiger partial charge in [0.05, 0.1) is 77.4 Å². The number of pyridine rings is 8. The molecule has 0 spiro atoms. The minimum absolute atomic E-state index is 0.803. The van der Waals surface area contributed by atoms with E-state index in [0.29, 0.717) is 0 Å². The molecule has 0 aliphatic heterocycles. The van der Waals surface area contributed by atoms with Crippen molar-refractivity contribution < 1.29 is 4.42 Å². The average Bonchev–Trinajstić information content (AvgIpc) is 1.59. The van der Waals surface area contributed by atoms with Crippen molar-refractivity contribution in [2.45, 2.75) is 0 Å². The molecule has 119 heavy (non-hydrogen) atoms. The van der Waals surface area contributed by atoms with E-state index in [2.05, 4.69) is 311 Å². The van der Waals surface area contributed by atoms with Crippen molar-refractivity contribution in [1.29, 1.82) is 0 Å². The summed E-state index contributed by atoms with van der Waals surface area (Å²) in [5, 5.41) is 9.53. The molecule has 0 unspecified atom stereocenters. The molecule has 11 heteroatoms. The van der Waals surface area contributed by atoms with Crippen LogP contribution >= 0.6 is 22.7 Å². The van der Waals surface area contributed by atoms with Crippen molar-refractivity contribution in [3.05, 3.63) is 401 Å². The zero-order valence-corrected chi connectivity index (χ0v) is 65.5. The van der Waals surface area contributed by atoms with E-state index in [1.165, 1.54) is 56.9 Å². The van der Waals surface area contributed by atoms with Crippen LogP contribution in [-0.4, -0.2) is 39.9 Å². The molecule has 0 radical (unpaired) electrons. The van der Waals surface area contributed by atoms with Gasteiger partial charge in [0.2, 0.25) is 0 Å². The van der Waals surface area contributed by atoms with Crippen molar-refractivity contribution in [2.75, 3.05) is 0 Å². The molecular weight excluding hydrogens is 1490 g/mol. The van der Waals surface area contributed by atoms with Crippen LogP contribution in [-0.2, 0) is 0 Å². The fraction of sp³-hybridized carbons (Fsp3) is 0. The lowest BCUT2D eigenvalue weighted by molar-refractivity contribution is 0.670. The smallest absolute Gasteiger partial charge is 0.143 e. The molecule has 9 nitrogen and oxygen atoms in total. The molecular formula is C108H66N8OS2. The predicted octanol–water partition coefficient (Wildman–Crippen LogP) is 29.1. The third-order valence-corrected chi connectivity index (χ3v) is 24.7. The second kappa shape index (κ2) is 30.1. The highest BCUT2D eigenvalue weighted by atomic mass is 32.1. The number of fused-ring (bicyclic) bond motifs is 13. The summed E-state index contributed by atoms with van der Waals surface area (Å²) >= 11 is 3.63. The number of hydrogen-bond donors (Lipinski definition) is 0. The summed E-state index contributed by atoms with van der Waals surface area (Å²) in [6.07, 6.45) is 7.21. The number of furan rings is 1. The minimum atomic E-state index is 0.803. The van der Waals surface area contributed by atoms with Gasteiger partial charge >= 0.3 is 0 Å². The Labute approximate surface area is 693 Å². The molecule has 0 saturated carbocycles. The van der Waals surface area contributed by atoms with Crippen LogP contribution in [0.4, 0.5) is 0 Å². The largest absolute Gasteiger partial charge is 0.455 e. The zero-order valence-electron chi connectivity index (χ0n) is 63.9. The molecule has 0 N–H and O–H groups in total. The molecule has 23 rings (SSSR count). The van der Waals surface area contributed by atoms with Crippen molar-refractivity contribution in [1.82, 2.24) is 39.9 Å². The number of para-hydroxylation sites is 4. The molecule has 12 aromatic carbocycles. The molecule has 0 bridgehead atoms. The first-order valence-electron chi connectivity index (χ1n) is 39.6. The summed E-state index contributed by atoms with van der Waals surface area (Å²) in [4.78, 5) is 39.6. The zero-order chi connectivity index (χ0) is 78.7. The second-order valence-electron chi connectivity index (χ2n) is 29.6. The highest BCUT2D eigenvalue weighted by Gasteiger charge is 2.24. The molecule has 0 saturated heterocycles. The van der Waals surface area contributed by atoms with Gasteiger partial charge in [0.15, 0.2) is 0 Å². The normalized spacial score (nSPS) is 11.5. The maximum absolute atomic E-state index is 6.55.